The molecule has 0 saturated heterocycles. The van der Waals surface area contributed by atoms with Crippen molar-refractivity contribution in [1.82, 2.24) is 15.0 Å². The summed E-state index contributed by atoms with van der Waals surface area (Å²) >= 11 is 0. The highest BCUT2D eigenvalue weighted by Gasteiger charge is 2.17. The Hall–Kier alpha value is -8.21. The zero-order chi connectivity index (χ0) is 40.5. The number of anilines is 3. The third-order valence-electron chi connectivity index (χ3n) is 11.4. The summed E-state index contributed by atoms with van der Waals surface area (Å²) in [6.07, 6.45) is 0. The molecule has 11 rings (SSSR count). The van der Waals surface area contributed by atoms with Crippen LogP contribution in [0.5, 0.6) is 0 Å². The molecule has 61 heavy (non-hydrogen) atoms. The van der Waals surface area contributed by atoms with E-state index in [2.05, 4.69) is 199 Å². The minimum atomic E-state index is 0.695. The van der Waals surface area contributed by atoms with E-state index in [1.54, 1.807) is 0 Å². The molecule has 0 aliphatic heterocycles. The Balaban J connectivity index is 1.00. The normalized spacial score (nSPS) is 11.3. The Morgan fingerprint density at radius 3 is 1.48 bits per heavy atom. The second kappa shape index (κ2) is 15.5. The third kappa shape index (κ3) is 6.86. The molecule has 0 atom stereocenters. The molecule has 0 bridgehead atoms. The minimum absolute atomic E-state index is 0.695. The number of benzene rings is 9. The fraction of sp³-hybridized carbons (Fsp3) is 0. The SMILES string of the molecule is c1ccc(-c2cc(-c3ccccc3)nc(-c3ccc4c(ccc5c(-c6cccc(-c7ccc(N(c8ccccc8)c8ccccc8)cc7)c6)nc6ccccc6c54)c3)n2)cc1. The summed E-state index contributed by atoms with van der Waals surface area (Å²) in [6.45, 7) is 0. The molecule has 0 amide bonds. The van der Waals surface area contributed by atoms with E-state index in [9.17, 15) is 0 Å². The molecule has 4 nitrogen and oxygen atoms in total. The first-order valence-corrected chi connectivity index (χ1v) is 20.6. The average molecular weight is 779 g/mol. The van der Waals surface area contributed by atoms with Gasteiger partial charge in [0.25, 0.3) is 0 Å². The predicted octanol–water partition coefficient (Wildman–Crippen LogP) is 15.1. The summed E-state index contributed by atoms with van der Waals surface area (Å²) in [4.78, 5) is 17.9. The van der Waals surface area contributed by atoms with E-state index in [1.807, 2.05) is 36.4 Å². The number of pyridine rings is 1. The number of hydrogen-bond donors (Lipinski definition) is 0. The van der Waals surface area contributed by atoms with Gasteiger partial charge in [-0.1, -0.05) is 170 Å². The summed E-state index contributed by atoms with van der Waals surface area (Å²) < 4.78 is 0. The van der Waals surface area contributed by atoms with E-state index in [1.165, 1.54) is 5.39 Å². The highest BCUT2D eigenvalue weighted by molar-refractivity contribution is 6.22. The summed E-state index contributed by atoms with van der Waals surface area (Å²) in [5.41, 5.74) is 13.5. The number of rotatable bonds is 8. The fourth-order valence-corrected chi connectivity index (χ4v) is 8.48. The van der Waals surface area contributed by atoms with Crippen LogP contribution in [0.2, 0.25) is 0 Å². The molecule has 0 aliphatic rings. The minimum Gasteiger partial charge on any atom is -0.311 e. The molecule has 0 radical (unpaired) electrons. The van der Waals surface area contributed by atoms with Gasteiger partial charge in [-0.05, 0) is 82.6 Å². The lowest BCUT2D eigenvalue weighted by Crippen LogP contribution is -2.09. The van der Waals surface area contributed by atoms with Crippen molar-refractivity contribution in [2.75, 3.05) is 4.90 Å². The van der Waals surface area contributed by atoms with Crippen LogP contribution in [0.15, 0.2) is 231 Å². The molecule has 4 heteroatoms. The first-order valence-electron chi connectivity index (χ1n) is 20.6. The van der Waals surface area contributed by atoms with Crippen molar-refractivity contribution in [3.8, 4) is 56.3 Å². The molecule has 11 aromatic rings. The highest BCUT2D eigenvalue weighted by Crippen LogP contribution is 2.40. The lowest BCUT2D eigenvalue weighted by molar-refractivity contribution is 1.18. The maximum atomic E-state index is 5.34. The maximum absolute atomic E-state index is 5.34. The van der Waals surface area contributed by atoms with Gasteiger partial charge in [0.15, 0.2) is 5.82 Å². The van der Waals surface area contributed by atoms with Crippen molar-refractivity contribution < 1.29 is 0 Å². The van der Waals surface area contributed by atoms with Gasteiger partial charge in [0.2, 0.25) is 0 Å². The number of hydrogen-bond acceptors (Lipinski definition) is 4. The van der Waals surface area contributed by atoms with Crippen molar-refractivity contribution in [2.45, 2.75) is 0 Å². The molecule has 286 valence electrons. The van der Waals surface area contributed by atoms with E-state index < -0.39 is 0 Å². The van der Waals surface area contributed by atoms with E-state index in [-0.39, 0.29) is 0 Å². The maximum Gasteiger partial charge on any atom is 0.160 e. The Labute approximate surface area is 354 Å². The standard InChI is InChI=1S/C57H38N4/c1-5-16-40(17-6-1)53-38-54(41-18-7-2-8-19-41)60-57(59-53)45-31-34-49-43(37-45)30-35-51-55(49)50-26-13-14-27-52(50)58-56(51)44-21-15-20-42(36-44)39-28-32-48(33-29-39)61(46-22-9-3-10-23-46)47-24-11-4-12-25-47/h1-38H. The van der Waals surface area contributed by atoms with Gasteiger partial charge in [-0.15, -0.1) is 0 Å². The van der Waals surface area contributed by atoms with Crippen LogP contribution < -0.4 is 4.90 Å². The Kier molecular flexibility index (Phi) is 9.14. The molecule has 9 aromatic carbocycles. The molecular weight excluding hydrogens is 741 g/mol. The second-order valence-corrected chi connectivity index (χ2v) is 15.2. The molecule has 0 saturated carbocycles. The van der Waals surface area contributed by atoms with Gasteiger partial charge < -0.3 is 4.90 Å². The molecule has 0 spiro atoms. The predicted molar refractivity (Wildman–Crippen MR) is 254 cm³/mol. The van der Waals surface area contributed by atoms with E-state index in [0.717, 1.165) is 94.6 Å². The zero-order valence-electron chi connectivity index (χ0n) is 33.2. The monoisotopic (exact) mass is 778 g/mol. The van der Waals surface area contributed by atoms with E-state index in [4.69, 9.17) is 15.0 Å². The largest absolute Gasteiger partial charge is 0.311 e. The zero-order valence-corrected chi connectivity index (χ0v) is 33.2. The molecule has 2 heterocycles. The fourth-order valence-electron chi connectivity index (χ4n) is 8.48. The van der Waals surface area contributed by atoms with Crippen LogP contribution in [0.4, 0.5) is 17.1 Å². The molecule has 0 aliphatic carbocycles. The number of aromatic nitrogens is 3. The van der Waals surface area contributed by atoms with Crippen LogP contribution in [0.1, 0.15) is 0 Å². The molecular formula is C57H38N4. The van der Waals surface area contributed by atoms with Gasteiger partial charge in [0.05, 0.1) is 22.6 Å². The van der Waals surface area contributed by atoms with Crippen LogP contribution >= 0.6 is 0 Å². The smallest absolute Gasteiger partial charge is 0.160 e. The molecule has 0 fully saturated rings. The molecule has 0 N–H and O–H groups in total. The van der Waals surface area contributed by atoms with Crippen LogP contribution in [0.3, 0.4) is 0 Å². The van der Waals surface area contributed by atoms with Crippen molar-refractivity contribution >= 4 is 49.5 Å². The summed E-state index contributed by atoms with van der Waals surface area (Å²) in [5, 5.41) is 5.71. The number of para-hydroxylation sites is 3. The second-order valence-electron chi connectivity index (χ2n) is 15.2. The van der Waals surface area contributed by atoms with Crippen molar-refractivity contribution in [1.29, 1.82) is 0 Å². The summed E-state index contributed by atoms with van der Waals surface area (Å²) in [6, 6.07) is 80.9. The van der Waals surface area contributed by atoms with Crippen LogP contribution in [0, 0.1) is 0 Å². The lowest BCUT2D eigenvalue weighted by Gasteiger charge is -2.25. The van der Waals surface area contributed by atoms with Crippen molar-refractivity contribution in [3.05, 3.63) is 231 Å². The lowest BCUT2D eigenvalue weighted by atomic mass is 9.93. The van der Waals surface area contributed by atoms with Gasteiger partial charge in [0, 0.05) is 55.5 Å². The van der Waals surface area contributed by atoms with Gasteiger partial charge in [-0.2, -0.15) is 0 Å². The number of nitrogens with zero attached hydrogens (tertiary/aromatic N) is 4. The van der Waals surface area contributed by atoms with Crippen LogP contribution in [0.25, 0.3) is 88.7 Å². The highest BCUT2D eigenvalue weighted by atomic mass is 15.1. The van der Waals surface area contributed by atoms with Gasteiger partial charge >= 0.3 is 0 Å². The Morgan fingerprint density at radius 1 is 0.295 bits per heavy atom. The Morgan fingerprint density at radius 2 is 0.820 bits per heavy atom. The summed E-state index contributed by atoms with van der Waals surface area (Å²) in [5.74, 6) is 0.695. The van der Waals surface area contributed by atoms with Gasteiger partial charge in [-0.25, -0.2) is 15.0 Å². The van der Waals surface area contributed by atoms with Crippen molar-refractivity contribution in [3.63, 3.8) is 0 Å². The number of fused-ring (bicyclic) bond motifs is 5. The van der Waals surface area contributed by atoms with E-state index in [0.29, 0.717) is 5.82 Å². The molecule has 2 aromatic heterocycles. The van der Waals surface area contributed by atoms with Gasteiger partial charge in [0.1, 0.15) is 0 Å². The molecule has 0 unspecified atom stereocenters. The summed E-state index contributed by atoms with van der Waals surface area (Å²) in [7, 11) is 0. The topological polar surface area (TPSA) is 41.9 Å². The van der Waals surface area contributed by atoms with E-state index >= 15 is 0 Å². The first-order chi connectivity index (χ1) is 30.2. The van der Waals surface area contributed by atoms with Crippen molar-refractivity contribution in [2.24, 2.45) is 0 Å². The average Bonchev–Trinajstić information content (AvgIpc) is 3.35. The Bertz CT molecular complexity index is 3240. The van der Waals surface area contributed by atoms with Crippen LogP contribution in [-0.4, -0.2) is 15.0 Å². The quantitative estimate of drug-likeness (QED) is 0.144. The van der Waals surface area contributed by atoms with Gasteiger partial charge in [-0.3, -0.25) is 0 Å². The first kappa shape index (κ1) is 35.9. The van der Waals surface area contributed by atoms with Crippen LogP contribution in [-0.2, 0) is 0 Å². The third-order valence-corrected chi connectivity index (χ3v) is 11.4.